The van der Waals surface area contributed by atoms with E-state index >= 15 is 0 Å². The molecule has 2 aromatic rings. The first-order chi connectivity index (χ1) is 20.6. The Labute approximate surface area is 255 Å². The molecular weight excluding hydrogens is 574 g/mol. The van der Waals surface area contributed by atoms with E-state index in [1.165, 1.54) is 11.8 Å². The number of para-hydroxylation sites is 1. The number of aliphatic carboxylic acids is 1. The van der Waals surface area contributed by atoms with Gasteiger partial charge in [-0.15, -0.1) is 0 Å². The maximum Gasteiger partial charge on any atom is 0.326 e. The number of unbranched alkanes of at least 4 members (excludes halogenated alkanes) is 1. The second-order valence-corrected chi connectivity index (χ2v) is 11.2. The predicted octanol–water partition coefficient (Wildman–Crippen LogP) is -0.488. The maximum absolute atomic E-state index is 13.7. The topological polar surface area (TPSA) is 257 Å². The summed E-state index contributed by atoms with van der Waals surface area (Å²) in [6.45, 7) is 0.699. The van der Waals surface area contributed by atoms with Gasteiger partial charge in [0.05, 0.1) is 6.04 Å². The summed E-state index contributed by atoms with van der Waals surface area (Å²) in [6, 6.07) is 3.40. The fourth-order valence-corrected chi connectivity index (χ4v) is 4.93. The van der Waals surface area contributed by atoms with E-state index < -0.39 is 47.9 Å². The smallest absolute Gasteiger partial charge is 0.326 e. The summed E-state index contributed by atoms with van der Waals surface area (Å²) in [5, 5.41) is 18.5. The summed E-state index contributed by atoms with van der Waals surface area (Å²) in [7, 11) is 0. The Bertz CT molecular complexity index is 1230. The molecule has 43 heavy (non-hydrogen) atoms. The van der Waals surface area contributed by atoms with E-state index in [1.807, 2.05) is 30.5 Å². The van der Waals surface area contributed by atoms with E-state index in [4.69, 9.17) is 22.9 Å². The van der Waals surface area contributed by atoms with Gasteiger partial charge < -0.3 is 49.0 Å². The lowest BCUT2D eigenvalue weighted by Gasteiger charge is -2.25. The lowest BCUT2D eigenvalue weighted by molar-refractivity contribution is -0.142. The van der Waals surface area contributed by atoms with E-state index in [0.29, 0.717) is 38.1 Å². The molecule has 0 saturated carbocycles. The average Bonchev–Trinajstić information content (AvgIpc) is 3.38. The Morgan fingerprint density at radius 3 is 2.28 bits per heavy atom. The van der Waals surface area contributed by atoms with Gasteiger partial charge in [-0.1, -0.05) is 18.2 Å². The van der Waals surface area contributed by atoms with Gasteiger partial charge in [-0.25, -0.2) is 4.79 Å². The Morgan fingerprint density at radius 1 is 0.930 bits per heavy atom. The molecule has 1 aromatic heterocycles. The molecule has 0 spiro atoms. The number of hydrogen-bond donors (Lipinski definition) is 9. The van der Waals surface area contributed by atoms with E-state index in [1.54, 1.807) is 6.20 Å². The Hall–Kier alpha value is -3.82. The number of nitrogens with zero attached hydrogens (tertiary/aromatic N) is 1. The zero-order chi connectivity index (χ0) is 31.8. The van der Waals surface area contributed by atoms with E-state index in [0.717, 1.165) is 16.5 Å². The molecule has 1 aromatic carbocycles. The van der Waals surface area contributed by atoms with Gasteiger partial charge in [-0.05, 0) is 68.7 Å². The first-order valence-electron chi connectivity index (χ1n) is 14.3. The predicted molar refractivity (Wildman–Crippen MR) is 169 cm³/mol. The van der Waals surface area contributed by atoms with Crippen LogP contribution in [0.4, 0.5) is 0 Å². The van der Waals surface area contributed by atoms with Gasteiger partial charge in [0.15, 0.2) is 5.96 Å². The number of fused-ring (bicyclic) bond motifs is 1. The fraction of sp³-hybridized carbons (Fsp3) is 0.536. The molecule has 14 nitrogen and oxygen atoms in total. The molecule has 0 radical (unpaired) electrons. The summed E-state index contributed by atoms with van der Waals surface area (Å²) in [5.41, 5.74) is 24.1. The van der Waals surface area contributed by atoms with Gasteiger partial charge in [-0.2, -0.15) is 11.8 Å². The van der Waals surface area contributed by atoms with Gasteiger partial charge in [0, 0.05) is 30.1 Å². The van der Waals surface area contributed by atoms with Crippen molar-refractivity contribution in [3.63, 3.8) is 0 Å². The monoisotopic (exact) mass is 619 g/mol. The number of carboxylic acid groups (broad SMARTS) is 1. The number of nitrogens with two attached hydrogens (primary N) is 4. The number of guanidine groups is 1. The van der Waals surface area contributed by atoms with Crippen molar-refractivity contribution in [2.75, 3.05) is 25.1 Å². The number of carbonyl (C=O) groups excluding carboxylic acids is 3. The summed E-state index contributed by atoms with van der Waals surface area (Å²) in [4.78, 5) is 58.8. The third-order valence-electron chi connectivity index (χ3n) is 6.84. The molecule has 0 bridgehead atoms. The van der Waals surface area contributed by atoms with Crippen molar-refractivity contribution in [3.8, 4) is 0 Å². The zero-order valence-corrected chi connectivity index (χ0v) is 25.3. The lowest BCUT2D eigenvalue weighted by Crippen LogP contribution is -2.57. The average molecular weight is 620 g/mol. The van der Waals surface area contributed by atoms with Crippen LogP contribution in [0.1, 0.15) is 44.1 Å². The van der Waals surface area contributed by atoms with Crippen LogP contribution >= 0.6 is 11.8 Å². The van der Waals surface area contributed by atoms with Crippen molar-refractivity contribution in [1.29, 1.82) is 0 Å². The Balaban J connectivity index is 2.25. The first-order valence-corrected chi connectivity index (χ1v) is 15.7. The van der Waals surface area contributed by atoms with E-state index in [9.17, 15) is 24.3 Å². The molecule has 2 rings (SSSR count). The minimum atomic E-state index is -1.16. The number of hydrogen-bond acceptors (Lipinski definition) is 8. The van der Waals surface area contributed by atoms with Crippen LogP contribution in [0.15, 0.2) is 35.5 Å². The highest BCUT2D eigenvalue weighted by atomic mass is 32.2. The largest absolute Gasteiger partial charge is 0.480 e. The minimum Gasteiger partial charge on any atom is -0.480 e. The van der Waals surface area contributed by atoms with Crippen molar-refractivity contribution < 1.29 is 24.3 Å². The zero-order valence-electron chi connectivity index (χ0n) is 24.5. The van der Waals surface area contributed by atoms with Crippen LogP contribution in [0.3, 0.4) is 0 Å². The van der Waals surface area contributed by atoms with Crippen LogP contribution in [0.5, 0.6) is 0 Å². The number of benzene rings is 1. The van der Waals surface area contributed by atoms with E-state index in [-0.39, 0.29) is 31.6 Å². The van der Waals surface area contributed by atoms with Crippen LogP contribution in [0, 0.1) is 0 Å². The molecule has 0 fully saturated rings. The molecule has 0 saturated heterocycles. The highest BCUT2D eigenvalue weighted by molar-refractivity contribution is 7.98. The van der Waals surface area contributed by atoms with Gasteiger partial charge in [0.2, 0.25) is 17.7 Å². The number of H-pyrrole nitrogens is 1. The molecule has 4 unspecified atom stereocenters. The number of aromatic nitrogens is 1. The molecular formula is C28H45N9O5S. The van der Waals surface area contributed by atoms with Crippen LogP contribution in [0.2, 0.25) is 0 Å². The second-order valence-electron chi connectivity index (χ2n) is 10.2. The van der Waals surface area contributed by atoms with Gasteiger partial charge in [-0.3, -0.25) is 19.4 Å². The van der Waals surface area contributed by atoms with Gasteiger partial charge in [0.25, 0.3) is 0 Å². The number of aromatic amines is 1. The van der Waals surface area contributed by atoms with Crippen LogP contribution < -0.4 is 38.9 Å². The normalized spacial score (nSPS) is 13.8. The molecule has 0 aliphatic carbocycles. The maximum atomic E-state index is 13.7. The molecule has 4 atom stereocenters. The molecule has 13 N–H and O–H groups in total. The molecule has 0 aliphatic rings. The van der Waals surface area contributed by atoms with Crippen LogP contribution in [-0.4, -0.2) is 89.0 Å². The summed E-state index contributed by atoms with van der Waals surface area (Å²) in [5.74, 6) is -2.45. The highest BCUT2D eigenvalue weighted by Gasteiger charge is 2.30. The standard InChI is InChI=1S/C28H45N9O5S/c1-43-14-11-22(27(41)42)36-25(39)21(10-4-5-12-29)35-26(40)23(15-17-16-34-20-9-3-2-7-18(17)20)37-24(38)19(30)8-6-13-33-28(31)32/h2-3,7,9,16,19,21-23,34H,4-6,8,10-15,29-30H2,1H3,(H,35,40)(H,36,39)(H,37,38)(H,41,42)(H4,31,32,33). The number of carboxylic acids is 1. The second kappa shape index (κ2) is 18.7. The van der Waals surface area contributed by atoms with Crippen molar-refractivity contribution in [1.82, 2.24) is 20.9 Å². The van der Waals surface area contributed by atoms with Crippen molar-refractivity contribution in [2.45, 2.75) is 69.1 Å². The molecule has 0 aliphatic heterocycles. The van der Waals surface area contributed by atoms with Gasteiger partial charge >= 0.3 is 5.97 Å². The number of carbonyl (C=O) groups is 4. The van der Waals surface area contributed by atoms with Crippen LogP contribution in [-0.2, 0) is 25.6 Å². The minimum absolute atomic E-state index is 0.0579. The van der Waals surface area contributed by atoms with Crippen molar-refractivity contribution in [3.05, 3.63) is 36.0 Å². The quantitative estimate of drug-likeness (QED) is 0.0522. The molecule has 3 amide bonds. The number of nitrogens with one attached hydrogen (secondary N) is 4. The molecule has 15 heteroatoms. The third-order valence-corrected chi connectivity index (χ3v) is 7.49. The number of amides is 3. The summed E-state index contributed by atoms with van der Waals surface area (Å²) < 4.78 is 0. The number of aliphatic imine (C=N–C) groups is 1. The summed E-state index contributed by atoms with van der Waals surface area (Å²) in [6.07, 6.45) is 6.06. The van der Waals surface area contributed by atoms with Crippen molar-refractivity contribution in [2.24, 2.45) is 27.9 Å². The van der Waals surface area contributed by atoms with Crippen molar-refractivity contribution >= 4 is 52.3 Å². The summed E-state index contributed by atoms with van der Waals surface area (Å²) >= 11 is 1.46. The first kappa shape index (κ1) is 35.4. The third kappa shape index (κ3) is 12.1. The van der Waals surface area contributed by atoms with Gasteiger partial charge in [0.1, 0.15) is 18.1 Å². The Morgan fingerprint density at radius 2 is 1.60 bits per heavy atom. The Kier molecular flexibility index (Phi) is 15.4. The van der Waals surface area contributed by atoms with E-state index in [2.05, 4.69) is 25.9 Å². The molecule has 238 valence electrons. The highest BCUT2D eigenvalue weighted by Crippen LogP contribution is 2.19. The molecule has 1 heterocycles. The number of rotatable bonds is 20. The van der Waals surface area contributed by atoms with Crippen LogP contribution in [0.25, 0.3) is 10.9 Å². The SMILES string of the molecule is CSCCC(NC(=O)C(CCCCN)NC(=O)C(Cc1c[nH]c2ccccc12)NC(=O)C(N)CCCN=C(N)N)C(=O)O. The number of thioether (sulfide) groups is 1. The lowest BCUT2D eigenvalue weighted by atomic mass is 10.0. The fourth-order valence-electron chi connectivity index (χ4n) is 4.46.